The summed E-state index contributed by atoms with van der Waals surface area (Å²) in [5.74, 6) is -1.37. The zero-order valence-corrected chi connectivity index (χ0v) is 52.3. The molecule has 0 spiro atoms. The summed E-state index contributed by atoms with van der Waals surface area (Å²) < 4.78 is 67.6. The Morgan fingerprint density at radius 2 is 0.582 bits per heavy atom. The fourth-order valence-electron chi connectivity index (χ4n) is 8.88. The Bertz CT molecular complexity index is 1550. The summed E-state index contributed by atoms with van der Waals surface area (Å²) >= 11 is 0. The summed E-state index contributed by atoms with van der Waals surface area (Å²) in [5.41, 5.74) is 0. The Kier molecular flexibility index (Phi) is 52.7. The maximum atomic E-state index is 12.9. The number of carbonyl (C=O) groups excluding carboxylic acids is 4. The first-order chi connectivity index (χ1) is 38.0. The van der Waals surface area contributed by atoms with Crippen LogP contribution in [-0.4, -0.2) is 96.7 Å². The Morgan fingerprint density at radius 1 is 0.342 bits per heavy atom. The molecule has 0 aromatic rings. The van der Waals surface area contributed by atoms with Gasteiger partial charge in [0.05, 0.1) is 26.4 Å². The Hall–Kier alpha value is -1.94. The molecule has 0 aromatic heterocycles. The van der Waals surface area contributed by atoms with Crippen molar-refractivity contribution in [3.63, 3.8) is 0 Å². The van der Waals surface area contributed by atoms with E-state index in [0.29, 0.717) is 25.7 Å². The third-order valence-electron chi connectivity index (χ3n) is 13.8. The predicted octanol–water partition coefficient (Wildman–Crippen LogP) is 16.2. The second-order valence-electron chi connectivity index (χ2n) is 22.2. The number of aliphatic hydroxyl groups is 1. The maximum absolute atomic E-state index is 12.9. The van der Waals surface area contributed by atoms with Gasteiger partial charge in [-0.15, -0.1) is 0 Å². The van der Waals surface area contributed by atoms with Crippen LogP contribution in [0.5, 0.6) is 0 Å². The van der Waals surface area contributed by atoms with E-state index in [2.05, 4.69) is 34.6 Å². The highest BCUT2D eigenvalue weighted by Crippen LogP contribution is 2.45. The van der Waals surface area contributed by atoms with Crippen LogP contribution < -0.4 is 0 Å². The van der Waals surface area contributed by atoms with Crippen molar-refractivity contribution >= 4 is 39.5 Å². The second-order valence-corrected chi connectivity index (χ2v) is 25.1. The Balaban J connectivity index is 5.16. The molecule has 79 heavy (non-hydrogen) atoms. The van der Waals surface area contributed by atoms with Crippen LogP contribution in [0.3, 0.4) is 0 Å². The highest BCUT2D eigenvalue weighted by atomic mass is 31.2. The van der Waals surface area contributed by atoms with E-state index >= 15 is 0 Å². The van der Waals surface area contributed by atoms with E-state index in [0.717, 1.165) is 109 Å². The minimum Gasteiger partial charge on any atom is -0.462 e. The topological polar surface area (TPSA) is 237 Å². The van der Waals surface area contributed by atoms with Crippen molar-refractivity contribution < 1.29 is 80.2 Å². The van der Waals surface area contributed by atoms with Gasteiger partial charge in [-0.2, -0.15) is 0 Å². The van der Waals surface area contributed by atoms with Crippen molar-refractivity contribution in [2.75, 3.05) is 39.6 Å². The molecule has 2 unspecified atom stereocenters. The van der Waals surface area contributed by atoms with Crippen molar-refractivity contribution in [1.82, 2.24) is 0 Å². The molecule has 0 rings (SSSR count). The summed E-state index contributed by atoms with van der Waals surface area (Å²) in [7, 11) is -9.87. The van der Waals surface area contributed by atoms with Gasteiger partial charge in [0, 0.05) is 25.7 Å². The molecule has 5 atom stereocenters. The van der Waals surface area contributed by atoms with Crippen molar-refractivity contribution in [3.8, 4) is 0 Å². The van der Waals surface area contributed by atoms with Gasteiger partial charge in [0.2, 0.25) is 0 Å². The predicted molar refractivity (Wildman–Crippen MR) is 312 cm³/mol. The van der Waals surface area contributed by atoms with Gasteiger partial charge in [-0.25, -0.2) is 9.13 Å². The molecule has 0 aliphatic carbocycles. The van der Waals surface area contributed by atoms with Crippen LogP contribution in [-0.2, 0) is 65.4 Å². The van der Waals surface area contributed by atoms with Gasteiger partial charge in [-0.05, 0) is 31.6 Å². The van der Waals surface area contributed by atoms with E-state index < -0.39 is 97.5 Å². The zero-order valence-electron chi connectivity index (χ0n) is 50.5. The van der Waals surface area contributed by atoms with E-state index in [1.807, 2.05) is 0 Å². The minimum absolute atomic E-state index is 0.104. The van der Waals surface area contributed by atoms with E-state index in [9.17, 15) is 43.2 Å². The SMILES string of the molecule is CCCCCCCCCCCCCC(=O)OC[C@H](COP(=O)(O)OC[C@@H](O)COP(=O)(O)OC[C@@H](COC(=O)CCCCCCC)OC(=O)CCCCCCCCCC)OC(=O)CCCCCCCCCCCCCCC(C)C. The third-order valence-corrected chi connectivity index (χ3v) is 15.7. The summed E-state index contributed by atoms with van der Waals surface area (Å²) in [5, 5.41) is 10.5. The van der Waals surface area contributed by atoms with E-state index in [1.165, 1.54) is 109 Å². The largest absolute Gasteiger partial charge is 0.472 e. The first-order valence-corrected chi connectivity index (χ1v) is 34.6. The maximum Gasteiger partial charge on any atom is 0.472 e. The monoisotopic (exact) mass is 1170 g/mol. The van der Waals surface area contributed by atoms with Crippen LogP contribution in [0.15, 0.2) is 0 Å². The molecule has 0 amide bonds. The quantitative estimate of drug-likeness (QED) is 0.0222. The molecular formula is C60H116O17P2. The first-order valence-electron chi connectivity index (χ1n) is 31.6. The molecule has 0 saturated heterocycles. The zero-order chi connectivity index (χ0) is 58.5. The molecule has 0 radical (unpaired) electrons. The first kappa shape index (κ1) is 77.1. The van der Waals surface area contributed by atoms with Gasteiger partial charge >= 0.3 is 39.5 Å². The normalized spacial score (nSPS) is 14.3. The fourth-order valence-corrected chi connectivity index (χ4v) is 10.5. The lowest BCUT2D eigenvalue weighted by molar-refractivity contribution is -0.161. The lowest BCUT2D eigenvalue weighted by atomic mass is 10.0. The van der Waals surface area contributed by atoms with E-state index in [4.69, 9.17) is 37.0 Å². The third kappa shape index (κ3) is 55.0. The molecule has 0 heterocycles. The number of ether oxygens (including phenoxy) is 4. The van der Waals surface area contributed by atoms with Crippen molar-refractivity contribution in [2.45, 2.75) is 316 Å². The summed E-state index contributed by atoms with van der Waals surface area (Å²) in [6.45, 7) is 7.06. The van der Waals surface area contributed by atoms with Crippen LogP contribution in [0.25, 0.3) is 0 Å². The van der Waals surface area contributed by atoms with Gasteiger partial charge < -0.3 is 33.8 Å². The molecule has 19 heteroatoms. The number of hydrogen-bond donors (Lipinski definition) is 3. The smallest absolute Gasteiger partial charge is 0.462 e. The highest BCUT2D eigenvalue weighted by Gasteiger charge is 2.30. The summed E-state index contributed by atoms with van der Waals surface area (Å²) in [6.07, 6.45) is 36.5. The number of unbranched alkanes of at least 4 members (excludes halogenated alkanes) is 32. The minimum atomic E-state index is -4.94. The highest BCUT2D eigenvalue weighted by molar-refractivity contribution is 7.47. The van der Waals surface area contributed by atoms with Gasteiger partial charge in [-0.3, -0.25) is 37.3 Å². The number of rotatable bonds is 60. The molecule has 3 N–H and O–H groups in total. The summed E-state index contributed by atoms with van der Waals surface area (Å²) in [4.78, 5) is 71.7. The lowest BCUT2D eigenvalue weighted by Crippen LogP contribution is -2.30. The average Bonchev–Trinajstić information content (AvgIpc) is 3.41. The molecule has 0 bridgehead atoms. The lowest BCUT2D eigenvalue weighted by Gasteiger charge is -2.21. The van der Waals surface area contributed by atoms with Crippen molar-refractivity contribution in [2.24, 2.45) is 5.92 Å². The van der Waals surface area contributed by atoms with Gasteiger partial charge in [0.15, 0.2) is 12.2 Å². The standard InChI is InChI=1S/C60H116O17P2/c1-6-9-12-15-17-19-22-26-30-34-39-44-58(63)71-50-56(77-60(65)46-41-36-31-27-24-21-20-23-25-28-33-37-42-53(4)5)52-75-79(68,69)73-48-54(61)47-72-78(66,67)74-51-55(49-70-57(62)43-38-32-14-11-8-3)76-59(64)45-40-35-29-18-16-13-10-7-2/h53-56,61H,6-52H2,1-5H3,(H,66,67)(H,68,69)/t54-,55+,56+/m0/s1. The number of phosphoric acid groups is 2. The number of phosphoric ester groups is 2. The molecule has 0 aromatic carbocycles. The van der Waals surface area contributed by atoms with E-state index in [-0.39, 0.29) is 25.7 Å². The van der Waals surface area contributed by atoms with Crippen LogP contribution in [0.1, 0.15) is 298 Å². The van der Waals surface area contributed by atoms with Crippen molar-refractivity contribution in [3.05, 3.63) is 0 Å². The molecule has 0 aliphatic heterocycles. The Morgan fingerprint density at radius 3 is 0.861 bits per heavy atom. The molecule has 0 aliphatic rings. The number of esters is 4. The second kappa shape index (κ2) is 54.0. The summed E-state index contributed by atoms with van der Waals surface area (Å²) in [6, 6.07) is 0. The molecular weight excluding hydrogens is 1050 g/mol. The van der Waals surface area contributed by atoms with Gasteiger partial charge in [0.25, 0.3) is 0 Å². The molecule has 468 valence electrons. The molecule has 0 saturated carbocycles. The average molecular weight is 1170 g/mol. The number of aliphatic hydroxyl groups excluding tert-OH is 1. The molecule has 0 fully saturated rings. The van der Waals surface area contributed by atoms with Crippen LogP contribution in [0.4, 0.5) is 0 Å². The van der Waals surface area contributed by atoms with Crippen LogP contribution >= 0.6 is 15.6 Å². The number of carbonyl (C=O) groups is 4. The molecule has 17 nitrogen and oxygen atoms in total. The Labute approximate surface area is 479 Å². The fraction of sp³-hybridized carbons (Fsp3) is 0.933. The van der Waals surface area contributed by atoms with Gasteiger partial charge in [-0.1, -0.05) is 247 Å². The van der Waals surface area contributed by atoms with Crippen LogP contribution in [0, 0.1) is 5.92 Å². The van der Waals surface area contributed by atoms with Crippen molar-refractivity contribution in [1.29, 1.82) is 0 Å². The van der Waals surface area contributed by atoms with Crippen LogP contribution in [0.2, 0.25) is 0 Å². The number of hydrogen-bond acceptors (Lipinski definition) is 15. The van der Waals surface area contributed by atoms with Gasteiger partial charge in [0.1, 0.15) is 19.3 Å². The van der Waals surface area contributed by atoms with E-state index in [1.54, 1.807) is 0 Å².